The molecule has 0 unspecified atom stereocenters. The average Bonchev–Trinajstić information content (AvgIpc) is 2.87. The lowest BCUT2D eigenvalue weighted by molar-refractivity contribution is 0.112. The third-order valence-corrected chi connectivity index (χ3v) is 3.35. The van der Waals surface area contributed by atoms with Gasteiger partial charge in [-0.2, -0.15) is 5.10 Å². The zero-order valence-corrected chi connectivity index (χ0v) is 9.90. The highest BCUT2D eigenvalue weighted by atomic mass is 16.1. The van der Waals surface area contributed by atoms with Gasteiger partial charge < -0.3 is 0 Å². The summed E-state index contributed by atoms with van der Waals surface area (Å²) in [5, 5.41) is 4.44. The molecule has 2 heterocycles. The summed E-state index contributed by atoms with van der Waals surface area (Å²) < 4.78 is 1.92. The summed E-state index contributed by atoms with van der Waals surface area (Å²) in [5.74, 6) is 1.81. The molecule has 0 amide bonds. The second-order valence-electron chi connectivity index (χ2n) is 4.29. The molecule has 1 aromatic heterocycles. The summed E-state index contributed by atoms with van der Waals surface area (Å²) in [5.41, 5.74) is 4.08. The van der Waals surface area contributed by atoms with Crippen LogP contribution < -0.4 is 0 Å². The first-order valence-electron chi connectivity index (χ1n) is 5.76. The minimum atomic E-state index is 0.727. The summed E-state index contributed by atoms with van der Waals surface area (Å²) in [6.45, 7) is 4.76. The van der Waals surface area contributed by atoms with Crippen LogP contribution in [-0.4, -0.2) is 21.1 Å². The van der Waals surface area contributed by atoms with Crippen LogP contribution in [0.1, 0.15) is 34.2 Å². The van der Waals surface area contributed by atoms with Gasteiger partial charge in [0.15, 0.2) is 11.6 Å². The molecule has 86 valence electrons. The van der Waals surface area contributed by atoms with Crippen LogP contribution in [0.2, 0.25) is 0 Å². The standard InChI is InChI=1S/C13H13N3O/c1-3-12-14-13-10-5-4-9(7-17)8(2)11(10)6-16(13)15-12/h4-5,7H,3,6H2,1-2H3. The predicted octanol–water partition coefficient (Wildman–Crippen LogP) is 1.99. The van der Waals surface area contributed by atoms with Gasteiger partial charge in [0.05, 0.1) is 6.54 Å². The molecule has 0 aliphatic carbocycles. The maximum Gasteiger partial charge on any atom is 0.159 e. The number of carbonyl (C=O) groups excluding carboxylic acids is 1. The van der Waals surface area contributed by atoms with E-state index in [1.807, 2.05) is 30.7 Å². The Bertz CT molecular complexity index is 613. The molecule has 3 rings (SSSR count). The summed E-state index contributed by atoms with van der Waals surface area (Å²) in [4.78, 5) is 15.4. The van der Waals surface area contributed by atoms with E-state index in [0.717, 1.165) is 47.6 Å². The molecule has 0 radical (unpaired) electrons. The SMILES string of the molecule is CCc1nc2n(n1)Cc1c-2ccc(C=O)c1C. The Balaban J connectivity index is 2.19. The zero-order chi connectivity index (χ0) is 12.0. The van der Waals surface area contributed by atoms with Crippen molar-refractivity contribution < 1.29 is 4.79 Å². The molecule has 0 spiro atoms. The molecule has 0 saturated carbocycles. The topological polar surface area (TPSA) is 47.8 Å². The third kappa shape index (κ3) is 1.33. The second kappa shape index (κ2) is 3.52. The van der Waals surface area contributed by atoms with Crippen LogP contribution in [0, 0.1) is 6.92 Å². The Morgan fingerprint density at radius 2 is 2.29 bits per heavy atom. The quantitative estimate of drug-likeness (QED) is 0.629. The third-order valence-electron chi connectivity index (χ3n) is 3.35. The molecule has 1 aliphatic rings. The van der Waals surface area contributed by atoms with Gasteiger partial charge in [-0.1, -0.05) is 19.1 Å². The molecule has 0 bridgehead atoms. The highest BCUT2D eigenvalue weighted by Crippen LogP contribution is 2.33. The smallest absolute Gasteiger partial charge is 0.159 e. The summed E-state index contributed by atoms with van der Waals surface area (Å²) in [7, 11) is 0. The van der Waals surface area contributed by atoms with E-state index < -0.39 is 0 Å². The van der Waals surface area contributed by atoms with Gasteiger partial charge in [0.2, 0.25) is 0 Å². The number of rotatable bonds is 2. The first-order valence-corrected chi connectivity index (χ1v) is 5.76. The Labute approximate surface area is 99.3 Å². The van der Waals surface area contributed by atoms with Crippen molar-refractivity contribution in [3.05, 3.63) is 34.6 Å². The van der Waals surface area contributed by atoms with Crippen molar-refractivity contribution in [1.29, 1.82) is 0 Å². The number of hydrogen-bond donors (Lipinski definition) is 0. The largest absolute Gasteiger partial charge is 0.298 e. The van der Waals surface area contributed by atoms with E-state index in [2.05, 4.69) is 10.1 Å². The van der Waals surface area contributed by atoms with Gasteiger partial charge in [0, 0.05) is 17.5 Å². The number of nitrogens with zero attached hydrogens (tertiary/aromatic N) is 3. The number of aldehydes is 1. The maximum absolute atomic E-state index is 10.9. The molecule has 1 aromatic carbocycles. The predicted molar refractivity (Wildman–Crippen MR) is 64.1 cm³/mol. The van der Waals surface area contributed by atoms with Crippen molar-refractivity contribution in [3.63, 3.8) is 0 Å². The normalized spacial score (nSPS) is 12.4. The second-order valence-corrected chi connectivity index (χ2v) is 4.29. The molecule has 0 fully saturated rings. The minimum Gasteiger partial charge on any atom is -0.298 e. The fraction of sp³-hybridized carbons (Fsp3) is 0.308. The first-order chi connectivity index (χ1) is 8.24. The van der Waals surface area contributed by atoms with Crippen molar-refractivity contribution >= 4 is 6.29 Å². The lowest BCUT2D eigenvalue weighted by Crippen LogP contribution is -1.99. The lowest BCUT2D eigenvalue weighted by Gasteiger charge is -2.05. The highest BCUT2D eigenvalue weighted by Gasteiger charge is 2.24. The Kier molecular flexibility index (Phi) is 2.11. The molecule has 0 atom stereocenters. The Hall–Kier alpha value is -1.97. The van der Waals surface area contributed by atoms with E-state index in [1.165, 1.54) is 5.56 Å². The highest BCUT2D eigenvalue weighted by molar-refractivity contribution is 5.81. The minimum absolute atomic E-state index is 0.727. The van der Waals surface area contributed by atoms with Gasteiger partial charge in [-0.15, -0.1) is 0 Å². The molecule has 1 aliphatic heterocycles. The number of fused-ring (bicyclic) bond motifs is 3. The van der Waals surface area contributed by atoms with E-state index in [1.54, 1.807) is 0 Å². The lowest BCUT2D eigenvalue weighted by atomic mass is 9.99. The van der Waals surface area contributed by atoms with Gasteiger partial charge in [0.1, 0.15) is 6.29 Å². The van der Waals surface area contributed by atoms with Crippen molar-refractivity contribution in [3.8, 4) is 11.4 Å². The first kappa shape index (κ1) is 10.2. The van der Waals surface area contributed by atoms with Crippen LogP contribution in [0.25, 0.3) is 11.4 Å². The summed E-state index contributed by atoms with van der Waals surface area (Å²) in [6.07, 6.45) is 1.75. The van der Waals surface area contributed by atoms with Crippen molar-refractivity contribution in [2.24, 2.45) is 0 Å². The number of hydrogen-bond acceptors (Lipinski definition) is 3. The summed E-state index contributed by atoms with van der Waals surface area (Å²) in [6, 6.07) is 3.83. The number of benzene rings is 1. The van der Waals surface area contributed by atoms with Gasteiger partial charge in [-0.05, 0) is 18.1 Å². The molecule has 2 aromatic rings. The van der Waals surface area contributed by atoms with Gasteiger partial charge in [-0.25, -0.2) is 9.67 Å². The molecule has 17 heavy (non-hydrogen) atoms. The van der Waals surface area contributed by atoms with Gasteiger partial charge in [0.25, 0.3) is 0 Å². The fourth-order valence-corrected chi connectivity index (χ4v) is 2.31. The van der Waals surface area contributed by atoms with Crippen LogP contribution in [0.3, 0.4) is 0 Å². The van der Waals surface area contributed by atoms with Crippen molar-refractivity contribution in [1.82, 2.24) is 14.8 Å². The van der Waals surface area contributed by atoms with E-state index >= 15 is 0 Å². The van der Waals surface area contributed by atoms with Crippen LogP contribution >= 0.6 is 0 Å². The summed E-state index contributed by atoms with van der Waals surface area (Å²) >= 11 is 0. The molecular formula is C13H13N3O. The maximum atomic E-state index is 10.9. The molecule has 4 nitrogen and oxygen atoms in total. The van der Waals surface area contributed by atoms with Crippen LogP contribution in [0.4, 0.5) is 0 Å². The Morgan fingerprint density at radius 3 is 3.00 bits per heavy atom. The number of aromatic nitrogens is 3. The van der Waals surface area contributed by atoms with E-state index in [-0.39, 0.29) is 0 Å². The zero-order valence-electron chi connectivity index (χ0n) is 9.90. The van der Waals surface area contributed by atoms with Gasteiger partial charge in [-0.3, -0.25) is 4.79 Å². The van der Waals surface area contributed by atoms with Crippen LogP contribution in [0.5, 0.6) is 0 Å². The van der Waals surface area contributed by atoms with Crippen molar-refractivity contribution in [2.45, 2.75) is 26.8 Å². The Morgan fingerprint density at radius 1 is 1.47 bits per heavy atom. The van der Waals surface area contributed by atoms with Crippen LogP contribution in [0.15, 0.2) is 12.1 Å². The average molecular weight is 227 g/mol. The van der Waals surface area contributed by atoms with E-state index in [9.17, 15) is 4.79 Å². The number of carbonyl (C=O) groups is 1. The number of aryl methyl sites for hydroxylation is 1. The molecule has 4 heteroatoms. The monoisotopic (exact) mass is 227 g/mol. The van der Waals surface area contributed by atoms with Gasteiger partial charge >= 0.3 is 0 Å². The van der Waals surface area contributed by atoms with E-state index in [4.69, 9.17) is 0 Å². The molecule has 0 N–H and O–H groups in total. The molecular weight excluding hydrogens is 214 g/mol. The van der Waals surface area contributed by atoms with Crippen LogP contribution in [-0.2, 0) is 13.0 Å². The van der Waals surface area contributed by atoms with Crippen molar-refractivity contribution in [2.75, 3.05) is 0 Å². The fourth-order valence-electron chi connectivity index (χ4n) is 2.31. The van der Waals surface area contributed by atoms with E-state index in [0.29, 0.717) is 0 Å². The molecule has 0 saturated heterocycles.